The lowest BCUT2D eigenvalue weighted by atomic mass is 10.1. The number of amides is 1. The summed E-state index contributed by atoms with van der Waals surface area (Å²) in [5.41, 5.74) is 1.50. The average Bonchev–Trinajstić information content (AvgIpc) is 2.72. The number of aryl methyl sites for hydroxylation is 1. The fourth-order valence-electron chi connectivity index (χ4n) is 1.95. The predicted octanol–water partition coefficient (Wildman–Crippen LogP) is -0.300. The summed E-state index contributed by atoms with van der Waals surface area (Å²) in [6, 6.07) is 1.81. The molecule has 0 aromatic carbocycles. The van der Waals surface area contributed by atoms with E-state index in [4.69, 9.17) is 0 Å². The van der Waals surface area contributed by atoms with Crippen molar-refractivity contribution in [2.45, 2.75) is 13.0 Å². The molecule has 0 bridgehead atoms. The number of nitrogens with zero attached hydrogens (tertiary/aromatic N) is 1. The molecule has 0 saturated carbocycles. The minimum Gasteiger partial charge on any atom is -0.391 e. The summed E-state index contributed by atoms with van der Waals surface area (Å²) >= 11 is 0. The number of β-amino-alcohol motifs (C(OH)–C–C–N with tert-alkyl or cyclic N) is 1. The highest BCUT2D eigenvalue weighted by atomic mass is 16.3. The maximum absolute atomic E-state index is 11.9. The van der Waals surface area contributed by atoms with Gasteiger partial charge in [-0.1, -0.05) is 0 Å². The van der Waals surface area contributed by atoms with Crippen molar-refractivity contribution < 1.29 is 9.90 Å². The van der Waals surface area contributed by atoms with E-state index in [0.29, 0.717) is 18.7 Å². The minimum absolute atomic E-state index is 0.0935. The van der Waals surface area contributed by atoms with Gasteiger partial charge in [0, 0.05) is 37.9 Å². The van der Waals surface area contributed by atoms with Crippen LogP contribution in [0.2, 0.25) is 0 Å². The molecule has 5 nitrogen and oxygen atoms in total. The molecule has 0 aliphatic carbocycles. The number of pyridine rings is 1. The molecule has 92 valence electrons. The quantitative estimate of drug-likeness (QED) is 0.672. The summed E-state index contributed by atoms with van der Waals surface area (Å²) in [5.74, 6) is -0.0365. The molecule has 2 rings (SSSR count). The lowest BCUT2D eigenvalue weighted by Crippen LogP contribution is -2.34. The van der Waals surface area contributed by atoms with Gasteiger partial charge in [0.05, 0.1) is 11.7 Å². The molecule has 0 spiro atoms. The van der Waals surface area contributed by atoms with E-state index < -0.39 is 0 Å². The van der Waals surface area contributed by atoms with Crippen LogP contribution in [0.25, 0.3) is 0 Å². The molecule has 5 heteroatoms. The van der Waals surface area contributed by atoms with E-state index in [2.05, 4.69) is 15.6 Å². The van der Waals surface area contributed by atoms with Crippen molar-refractivity contribution in [3.05, 3.63) is 29.6 Å². The monoisotopic (exact) mass is 235 g/mol. The second kappa shape index (κ2) is 5.25. The van der Waals surface area contributed by atoms with Gasteiger partial charge in [-0.3, -0.25) is 9.78 Å². The molecule has 2 heterocycles. The zero-order valence-electron chi connectivity index (χ0n) is 9.81. The van der Waals surface area contributed by atoms with Crippen molar-refractivity contribution in [1.29, 1.82) is 0 Å². The Morgan fingerprint density at radius 3 is 3.12 bits per heavy atom. The highest BCUT2D eigenvalue weighted by Gasteiger charge is 2.25. The van der Waals surface area contributed by atoms with Gasteiger partial charge in [-0.15, -0.1) is 0 Å². The van der Waals surface area contributed by atoms with Crippen LogP contribution in [0.5, 0.6) is 0 Å². The summed E-state index contributed by atoms with van der Waals surface area (Å²) in [6.07, 6.45) is 2.86. The maximum Gasteiger partial charge on any atom is 0.253 e. The molecule has 0 radical (unpaired) electrons. The molecule has 1 aromatic rings. The van der Waals surface area contributed by atoms with Gasteiger partial charge < -0.3 is 15.7 Å². The Bertz CT molecular complexity index is 408. The summed E-state index contributed by atoms with van der Waals surface area (Å²) in [7, 11) is 0. The zero-order valence-corrected chi connectivity index (χ0v) is 9.81. The molecule has 2 atom stereocenters. The number of aromatic nitrogens is 1. The fraction of sp³-hybridized carbons (Fsp3) is 0.500. The SMILES string of the molecule is Cc1ccncc1C(=O)NCC1CNCC1O. The Morgan fingerprint density at radius 2 is 2.47 bits per heavy atom. The smallest absolute Gasteiger partial charge is 0.253 e. The molecule has 1 aliphatic rings. The van der Waals surface area contributed by atoms with Gasteiger partial charge in [-0.05, 0) is 18.6 Å². The normalized spacial score (nSPS) is 23.6. The molecular formula is C12H17N3O2. The largest absolute Gasteiger partial charge is 0.391 e. The third-order valence-corrected chi connectivity index (χ3v) is 3.11. The molecule has 17 heavy (non-hydrogen) atoms. The summed E-state index contributed by atoms with van der Waals surface area (Å²) in [6.45, 7) is 3.71. The van der Waals surface area contributed by atoms with Crippen molar-refractivity contribution in [3.8, 4) is 0 Å². The van der Waals surface area contributed by atoms with Crippen LogP contribution in [0, 0.1) is 12.8 Å². The Balaban J connectivity index is 1.91. The average molecular weight is 235 g/mol. The van der Waals surface area contributed by atoms with Crippen molar-refractivity contribution >= 4 is 5.91 Å². The van der Waals surface area contributed by atoms with E-state index in [1.165, 1.54) is 0 Å². The van der Waals surface area contributed by atoms with Crippen molar-refractivity contribution in [3.63, 3.8) is 0 Å². The molecule has 1 aromatic heterocycles. The van der Waals surface area contributed by atoms with E-state index in [-0.39, 0.29) is 17.9 Å². The first-order valence-electron chi connectivity index (χ1n) is 5.76. The lowest BCUT2D eigenvalue weighted by Gasteiger charge is -2.14. The van der Waals surface area contributed by atoms with Crippen LogP contribution < -0.4 is 10.6 Å². The predicted molar refractivity (Wildman–Crippen MR) is 63.7 cm³/mol. The summed E-state index contributed by atoms with van der Waals surface area (Å²) in [5, 5.41) is 15.5. The van der Waals surface area contributed by atoms with Crippen LogP contribution in [-0.2, 0) is 0 Å². The first kappa shape index (κ1) is 12.0. The number of aliphatic hydroxyl groups is 1. The van der Waals surface area contributed by atoms with Crippen molar-refractivity contribution in [2.75, 3.05) is 19.6 Å². The van der Waals surface area contributed by atoms with Gasteiger partial charge in [0.2, 0.25) is 0 Å². The Morgan fingerprint density at radius 1 is 1.65 bits per heavy atom. The molecule has 3 N–H and O–H groups in total. The third-order valence-electron chi connectivity index (χ3n) is 3.11. The number of carbonyl (C=O) groups is 1. The number of nitrogens with one attached hydrogen (secondary N) is 2. The number of carbonyl (C=O) groups excluding carboxylic acids is 1. The second-order valence-electron chi connectivity index (χ2n) is 4.39. The van der Waals surface area contributed by atoms with E-state index >= 15 is 0 Å². The van der Waals surface area contributed by atoms with E-state index in [1.54, 1.807) is 18.5 Å². The third kappa shape index (κ3) is 2.81. The van der Waals surface area contributed by atoms with Gasteiger partial charge in [-0.25, -0.2) is 0 Å². The van der Waals surface area contributed by atoms with Crippen LogP contribution in [0.15, 0.2) is 18.5 Å². The van der Waals surface area contributed by atoms with Crippen molar-refractivity contribution in [2.24, 2.45) is 5.92 Å². The first-order chi connectivity index (χ1) is 8.18. The molecule has 2 unspecified atom stereocenters. The van der Waals surface area contributed by atoms with Gasteiger partial charge in [0.15, 0.2) is 0 Å². The van der Waals surface area contributed by atoms with E-state index in [9.17, 15) is 9.90 Å². The van der Waals surface area contributed by atoms with E-state index in [0.717, 1.165) is 12.1 Å². The summed E-state index contributed by atoms with van der Waals surface area (Å²) in [4.78, 5) is 15.8. The highest BCUT2D eigenvalue weighted by molar-refractivity contribution is 5.95. The number of hydrogen-bond donors (Lipinski definition) is 3. The van der Waals surface area contributed by atoms with Gasteiger partial charge in [0.25, 0.3) is 5.91 Å². The highest BCUT2D eigenvalue weighted by Crippen LogP contribution is 2.09. The lowest BCUT2D eigenvalue weighted by molar-refractivity contribution is 0.0926. The Hall–Kier alpha value is -1.46. The number of hydrogen-bond acceptors (Lipinski definition) is 4. The number of rotatable bonds is 3. The van der Waals surface area contributed by atoms with E-state index in [1.807, 2.05) is 6.92 Å². The zero-order chi connectivity index (χ0) is 12.3. The number of aliphatic hydroxyl groups excluding tert-OH is 1. The molecule has 1 amide bonds. The topological polar surface area (TPSA) is 74.2 Å². The summed E-state index contributed by atoms with van der Waals surface area (Å²) < 4.78 is 0. The van der Waals surface area contributed by atoms with Crippen molar-refractivity contribution in [1.82, 2.24) is 15.6 Å². The van der Waals surface area contributed by atoms with Crippen LogP contribution >= 0.6 is 0 Å². The van der Waals surface area contributed by atoms with Crippen LogP contribution in [0.3, 0.4) is 0 Å². The molecule has 1 aliphatic heterocycles. The molecule has 1 saturated heterocycles. The Kier molecular flexibility index (Phi) is 3.71. The maximum atomic E-state index is 11.9. The minimum atomic E-state index is -0.370. The first-order valence-corrected chi connectivity index (χ1v) is 5.76. The molecule has 1 fully saturated rings. The van der Waals surface area contributed by atoms with Gasteiger partial charge in [-0.2, -0.15) is 0 Å². The standard InChI is InChI=1S/C12H17N3O2/c1-8-2-3-13-6-10(8)12(17)15-5-9-4-14-7-11(9)16/h2-3,6,9,11,14,16H,4-5,7H2,1H3,(H,15,17). The van der Waals surface area contributed by atoms with Gasteiger partial charge >= 0.3 is 0 Å². The van der Waals surface area contributed by atoms with Crippen LogP contribution in [0.4, 0.5) is 0 Å². The fourth-order valence-corrected chi connectivity index (χ4v) is 1.95. The van der Waals surface area contributed by atoms with Crippen LogP contribution in [-0.4, -0.2) is 41.7 Å². The molecular weight excluding hydrogens is 218 g/mol. The van der Waals surface area contributed by atoms with Crippen LogP contribution in [0.1, 0.15) is 15.9 Å². The second-order valence-corrected chi connectivity index (χ2v) is 4.39. The Labute approximate surface area is 100 Å². The van der Waals surface area contributed by atoms with Gasteiger partial charge in [0.1, 0.15) is 0 Å².